The summed E-state index contributed by atoms with van der Waals surface area (Å²) in [6.45, 7) is 9.73. The second kappa shape index (κ2) is 4.84. The van der Waals surface area contributed by atoms with E-state index in [1.807, 2.05) is 6.92 Å². The average Bonchev–Trinajstić information content (AvgIpc) is 2.54. The molecule has 2 unspecified atom stereocenters. The summed E-state index contributed by atoms with van der Waals surface area (Å²) >= 11 is 0. The van der Waals surface area contributed by atoms with Crippen LogP contribution < -0.4 is 10.6 Å². The molecule has 15 heavy (non-hydrogen) atoms. The number of hydrogen-bond donors (Lipinski definition) is 2. The van der Waals surface area contributed by atoms with Gasteiger partial charge in [0.1, 0.15) is 0 Å². The lowest BCUT2D eigenvalue weighted by Crippen LogP contribution is -2.49. The van der Waals surface area contributed by atoms with Crippen LogP contribution in [0.5, 0.6) is 0 Å². The van der Waals surface area contributed by atoms with Crippen LogP contribution in [0.2, 0.25) is 0 Å². The van der Waals surface area contributed by atoms with E-state index in [1.165, 1.54) is 0 Å². The van der Waals surface area contributed by atoms with Gasteiger partial charge in [0, 0.05) is 12.6 Å². The maximum Gasteiger partial charge on any atom is 0.315 e. The maximum absolute atomic E-state index is 11.6. The van der Waals surface area contributed by atoms with E-state index in [1.54, 1.807) is 0 Å². The van der Waals surface area contributed by atoms with Gasteiger partial charge in [0.2, 0.25) is 0 Å². The Morgan fingerprint density at radius 3 is 2.60 bits per heavy atom. The fourth-order valence-electron chi connectivity index (χ4n) is 1.29. The van der Waals surface area contributed by atoms with Crippen molar-refractivity contribution in [3.63, 3.8) is 0 Å². The Balaban J connectivity index is 2.29. The number of carbonyl (C=O) groups excluding carboxylic acids is 1. The molecule has 4 heteroatoms. The van der Waals surface area contributed by atoms with E-state index in [2.05, 4.69) is 31.4 Å². The SMILES string of the molecule is CC(NC(=O)NC1CCOC1)C(C)(C)C. The van der Waals surface area contributed by atoms with Gasteiger partial charge in [0.05, 0.1) is 12.6 Å². The van der Waals surface area contributed by atoms with Crippen molar-refractivity contribution in [2.45, 2.75) is 46.2 Å². The molecule has 4 nitrogen and oxygen atoms in total. The Labute approximate surface area is 91.8 Å². The van der Waals surface area contributed by atoms with E-state index in [4.69, 9.17) is 4.74 Å². The zero-order valence-corrected chi connectivity index (χ0v) is 10.1. The topological polar surface area (TPSA) is 50.4 Å². The molecule has 1 aliphatic heterocycles. The van der Waals surface area contributed by atoms with E-state index in [-0.39, 0.29) is 23.5 Å². The van der Waals surface area contributed by atoms with Crippen molar-refractivity contribution in [1.29, 1.82) is 0 Å². The first kappa shape index (κ1) is 12.3. The molecular weight excluding hydrogens is 192 g/mol. The van der Waals surface area contributed by atoms with Gasteiger partial charge in [0.15, 0.2) is 0 Å². The van der Waals surface area contributed by atoms with Crippen LogP contribution in [0, 0.1) is 5.41 Å². The Kier molecular flexibility index (Phi) is 3.97. The quantitative estimate of drug-likeness (QED) is 0.732. The average molecular weight is 214 g/mol. The smallest absolute Gasteiger partial charge is 0.315 e. The van der Waals surface area contributed by atoms with E-state index in [0.717, 1.165) is 13.0 Å². The molecule has 0 aromatic rings. The zero-order valence-electron chi connectivity index (χ0n) is 10.1. The minimum atomic E-state index is -0.0899. The molecule has 2 N–H and O–H groups in total. The van der Waals surface area contributed by atoms with Crippen molar-refractivity contribution < 1.29 is 9.53 Å². The van der Waals surface area contributed by atoms with Crippen LogP contribution >= 0.6 is 0 Å². The standard InChI is InChI=1S/C11H22N2O2/c1-8(11(2,3)4)12-10(14)13-9-5-6-15-7-9/h8-9H,5-7H2,1-4H3,(H2,12,13,14). The lowest BCUT2D eigenvalue weighted by atomic mass is 9.88. The van der Waals surface area contributed by atoms with Crippen molar-refractivity contribution in [1.82, 2.24) is 10.6 Å². The van der Waals surface area contributed by atoms with Gasteiger partial charge < -0.3 is 15.4 Å². The number of carbonyl (C=O) groups is 1. The van der Waals surface area contributed by atoms with Crippen LogP contribution in [-0.2, 0) is 4.74 Å². The minimum absolute atomic E-state index is 0.0868. The van der Waals surface area contributed by atoms with E-state index in [0.29, 0.717) is 6.61 Å². The molecule has 0 spiro atoms. The molecule has 1 rings (SSSR count). The van der Waals surface area contributed by atoms with Crippen LogP contribution in [0.4, 0.5) is 4.79 Å². The molecule has 0 aromatic heterocycles. The summed E-state index contributed by atoms with van der Waals surface area (Å²) in [4.78, 5) is 11.6. The van der Waals surface area contributed by atoms with Gasteiger partial charge in [-0.15, -0.1) is 0 Å². The number of ether oxygens (including phenoxy) is 1. The lowest BCUT2D eigenvalue weighted by Gasteiger charge is -2.28. The summed E-state index contributed by atoms with van der Waals surface area (Å²) in [6, 6.07) is 0.241. The molecule has 2 amide bonds. The fourth-order valence-corrected chi connectivity index (χ4v) is 1.29. The van der Waals surface area contributed by atoms with Crippen molar-refractivity contribution in [3.8, 4) is 0 Å². The second-order valence-corrected chi connectivity index (χ2v) is 5.27. The summed E-state index contributed by atoms with van der Waals surface area (Å²) in [5.41, 5.74) is 0.0868. The van der Waals surface area contributed by atoms with E-state index < -0.39 is 0 Å². The van der Waals surface area contributed by atoms with Gasteiger partial charge in [-0.05, 0) is 18.8 Å². The van der Waals surface area contributed by atoms with Gasteiger partial charge in [0.25, 0.3) is 0 Å². The Morgan fingerprint density at radius 2 is 2.13 bits per heavy atom. The highest BCUT2D eigenvalue weighted by Crippen LogP contribution is 2.18. The number of rotatable bonds is 2. The van der Waals surface area contributed by atoms with Gasteiger partial charge in [-0.25, -0.2) is 4.79 Å². The summed E-state index contributed by atoms with van der Waals surface area (Å²) < 4.78 is 5.19. The first-order valence-corrected chi connectivity index (χ1v) is 5.54. The third-order valence-corrected chi connectivity index (χ3v) is 2.91. The molecule has 88 valence electrons. The second-order valence-electron chi connectivity index (χ2n) is 5.27. The van der Waals surface area contributed by atoms with Crippen LogP contribution in [0.1, 0.15) is 34.1 Å². The normalized spacial score (nSPS) is 23.6. The summed E-state index contributed by atoms with van der Waals surface area (Å²) in [5, 5.41) is 5.85. The predicted octanol–water partition coefficient (Wildman–Crippen LogP) is 1.51. The highest BCUT2D eigenvalue weighted by Gasteiger charge is 2.23. The fraction of sp³-hybridized carbons (Fsp3) is 0.909. The highest BCUT2D eigenvalue weighted by atomic mass is 16.5. The molecule has 1 saturated heterocycles. The number of urea groups is 1. The Bertz CT molecular complexity index is 217. The van der Waals surface area contributed by atoms with Gasteiger partial charge in [-0.2, -0.15) is 0 Å². The lowest BCUT2D eigenvalue weighted by molar-refractivity contribution is 0.186. The number of nitrogens with one attached hydrogen (secondary N) is 2. The third-order valence-electron chi connectivity index (χ3n) is 2.91. The third kappa shape index (κ3) is 4.08. The number of amides is 2. The number of hydrogen-bond acceptors (Lipinski definition) is 2. The Hall–Kier alpha value is -0.770. The molecule has 0 aromatic carbocycles. The summed E-state index contributed by atoms with van der Waals surface area (Å²) in [5.74, 6) is 0. The molecule has 0 aliphatic carbocycles. The van der Waals surface area contributed by atoms with Crippen molar-refractivity contribution in [3.05, 3.63) is 0 Å². The van der Waals surface area contributed by atoms with Crippen molar-refractivity contribution in [2.75, 3.05) is 13.2 Å². The monoisotopic (exact) mass is 214 g/mol. The first-order chi connectivity index (χ1) is 6.89. The van der Waals surface area contributed by atoms with Crippen molar-refractivity contribution in [2.24, 2.45) is 5.41 Å². The Morgan fingerprint density at radius 1 is 1.47 bits per heavy atom. The largest absolute Gasteiger partial charge is 0.379 e. The molecule has 0 bridgehead atoms. The summed E-state index contributed by atoms with van der Waals surface area (Å²) in [6.07, 6.45) is 0.914. The maximum atomic E-state index is 11.6. The molecule has 1 heterocycles. The molecular formula is C11H22N2O2. The van der Waals surface area contributed by atoms with Gasteiger partial charge in [-0.3, -0.25) is 0 Å². The van der Waals surface area contributed by atoms with Crippen molar-refractivity contribution >= 4 is 6.03 Å². The zero-order chi connectivity index (χ0) is 11.5. The molecule has 0 radical (unpaired) electrons. The van der Waals surface area contributed by atoms with Crippen LogP contribution in [0.3, 0.4) is 0 Å². The molecule has 1 fully saturated rings. The summed E-state index contributed by atoms with van der Waals surface area (Å²) in [7, 11) is 0. The highest BCUT2D eigenvalue weighted by molar-refractivity contribution is 5.74. The van der Waals surface area contributed by atoms with Gasteiger partial charge >= 0.3 is 6.03 Å². The molecule has 0 saturated carbocycles. The first-order valence-electron chi connectivity index (χ1n) is 5.54. The van der Waals surface area contributed by atoms with Crippen LogP contribution in [0.25, 0.3) is 0 Å². The van der Waals surface area contributed by atoms with Crippen LogP contribution in [0.15, 0.2) is 0 Å². The van der Waals surface area contributed by atoms with Gasteiger partial charge in [-0.1, -0.05) is 20.8 Å². The molecule has 1 aliphatic rings. The van der Waals surface area contributed by atoms with Crippen LogP contribution in [-0.4, -0.2) is 31.3 Å². The van der Waals surface area contributed by atoms with E-state index in [9.17, 15) is 4.79 Å². The minimum Gasteiger partial charge on any atom is -0.379 e. The molecule has 2 atom stereocenters. The predicted molar refractivity (Wildman–Crippen MR) is 59.8 cm³/mol. The van der Waals surface area contributed by atoms with E-state index >= 15 is 0 Å².